The van der Waals surface area contributed by atoms with Crippen LogP contribution in [-0.4, -0.2) is 74.2 Å². The highest BCUT2D eigenvalue weighted by atomic mass is 32.2. The van der Waals surface area contributed by atoms with Crippen molar-refractivity contribution in [3.05, 3.63) is 71.8 Å². The summed E-state index contributed by atoms with van der Waals surface area (Å²) in [6.45, 7) is 5.01. The maximum atomic E-state index is 12.9. The molecule has 2 aromatic rings. The van der Waals surface area contributed by atoms with Gasteiger partial charge in [-0.05, 0) is 42.7 Å². The fourth-order valence-corrected chi connectivity index (χ4v) is 5.76. The number of carbonyl (C=O) groups excluding carboxylic acids is 1. The number of piperidine rings is 1. The van der Waals surface area contributed by atoms with Crippen LogP contribution in [0, 0.1) is 0 Å². The topological polar surface area (TPSA) is 60.9 Å². The molecule has 1 amide bonds. The van der Waals surface area contributed by atoms with E-state index in [0.29, 0.717) is 31.7 Å². The van der Waals surface area contributed by atoms with E-state index >= 15 is 0 Å². The van der Waals surface area contributed by atoms with Gasteiger partial charge < -0.3 is 4.90 Å². The molecule has 0 saturated carbocycles. The maximum absolute atomic E-state index is 12.9. The van der Waals surface area contributed by atoms with E-state index in [1.807, 2.05) is 23.1 Å². The van der Waals surface area contributed by atoms with E-state index in [1.165, 1.54) is 5.56 Å². The first-order valence-electron chi connectivity index (χ1n) is 11.4. The molecule has 0 aromatic heterocycles. The molecule has 0 spiro atoms. The van der Waals surface area contributed by atoms with E-state index in [-0.39, 0.29) is 10.8 Å². The third-order valence-corrected chi connectivity index (χ3v) is 8.10. The second-order valence-corrected chi connectivity index (χ2v) is 10.3. The third-order valence-electron chi connectivity index (χ3n) is 6.19. The number of rotatable bonds is 6. The predicted molar refractivity (Wildman–Crippen MR) is 127 cm³/mol. The molecule has 2 heterocycles. The van der Waals surface area contributed by atoms with Crippen LogP contribution in [-0.2, 0) is 10.0 Å². The van der Waals surface area contributed by atoms with Crippen LogP contribution >= 0.6 is 0 Å². The van der Waals surface area contributed by atoms with Crippen LogP contribution in [0.3, 0.4) is 0 Å². The monoisotopic (exact) mass is 453 g/mol. The SMILES string of the molecule is O=C(c1ccc(S(=O)(=O)N2CCCCC2)cc1)N1CCN(CC=Cc2ccccc2)CC1. The Morgan fingerprint density at radius 3 is 2.12 bits per heavy atom. The Bertz CT molecular complexity index is 1020. The largest absolute Gasteiger partial charge is 0.336 e. The minimum atomic E-state index is -3.47. The summed E-state index contributed by atoms with van der Waals surface area (Å²) in [6.07, 6.45) is 7.18. The van der Waals surface area contributed by atoms with Crippen molar-refractivity contribution in [1.82, 2.24) is 14.1 Å². The summed E-state index contributed by atoms with van der Waals surface area (Å²) in [5.41, 5.74) is 1.73. The Morgan fingerprint density at radius 1 is 0.812 bits per heavy atom. The van der Waals surface area contributed by atoms with Gasteiger partial charge >= 0.3 is 0 Å². The molecule has 2 aromatic carbocycles. The Kier molecular flexibility index (Phi) is 7.40. The first-order valence-corrected chi connectivity index (χ1v) is 12.8. The van der Waals surface area contributed by atoms with Gasteiger partial charge in [0.25, 0.3) is 5.91 Å². The van der Waals surface area contributed by atoms with Gasteiger partial charge in [-0.25, -0.2) is 8.42 Å². The van der Waals surface area contributed by atoms with E-state index in [2.05, 4.69) is 29.2 Å². The predicted octanol–water partition coefficient (Wildman–Crippen LogP) is 3.33. The van der Waals surface area contributed by atoms with Gasteiger partial charge in [0.05, 0.1) is 4.90 Å². The molecule has 170 valence electrons. The molecule has 7 heteroatoms. The normalized spacial score (nSPS) is 18.8. The molecular weight excluding hydrogens is 422 g/mol. The zero-order chi connectivity index (χ0) is 22.4. The lowest BCUT2D eigenvalue weighted by Crippen LogP contribution is -2.48. The number of amides is 1. The molecule has 0 bridgehead atoms. The van der Waals surface area contributed by atoms with Crippen LogP contribution in [0.25, 0.3) is 6.08 Å². The van der Waals surface area contributed by atoms with E-state index in [0.717, 1.165) is 38.9 Å². The second-order valence-electron chi connectivity index (χ2n) is 8.39. The van der Waals surface area contributed by atoms with E-state index in [1.54, 1.807) is 28.6 Å². The Labute approximate surface area is 191 Å². The van der Waals surface area contributed by atoms with Gasteiger partial charge in [0, 0.05) is 51.4 Å². The first kappa shape index (κ1) is 22.7. The fraction of sp³-hybridized carbons (Fsp3) is 0.400. The van der Waals surface area contributed by atoms with Crippen LogP contribution in [0.4, 0.5) is 0 Å². The van der Waals surface area contributed by atoms with Crippen molar-refractivity contribution in [3.8, 4) is 0 Å². The molecule has 2 saturated heterocycles. The summed E-state index contributed by atoms with van der Waals surface area (Å²) in [5, 5.41) is 0. The summed E-state index contributed by atoms with van der Waals surface area (Å²) in [6, 6.07) is 16.7. The van der Waals surface area contributed by atoms with Gasteiger partial charge in [0.15, 0.2) is 0 Å². The molecule has 0 radical (unpaired) electrons. The number of hydrogen-bond acceptors (Lipinski definition) is 4. The summed E-state index contributed by atoms with van der Waals surface area (Å²) in [7, 11) is -3.47. The molecule has 0 aliphatic carbocycles. The number of nitrogens with zero attached hydrogens (tertiary/aromatic N) is 3. The summed E-state index contributed by atoms with van der Waals surface area (Å²) in [4.78, 5) is 17.4. The van der Waals surface area contributed by atoms with Crippen LogP contribution in [0.5, 0.6) is 0 Å². The molecule has 6 nitrogen and oxygen atoms in total. The Morgan fingerprint density at radius 2 is 1.47 bits per heavy atom. The highest BCUT2D eigenvalue weighted by molar-refractivity contribution is 7.89. The van der Waals surface area contributed by atoms with Crippen molar-refractivity contribution in [2.45, 2.75) is 24.2 Å². The first-order chi connectivity index (χ1) is 15.5. The lowest BCUT2D eigenvalue weighted by Gasteiger charge is -2.34. The zero-order valence-corrected chi connectivity index (χ0v) is 19.2. The lowest BCUT2D eigenvalue weighted by molar-refractivity contribution is 0.0650. The molecule has 0 atom stereocenters. The van der Waals surface area contributed by atoms with E-state index in [4.69, 9.17) is 0 Å². The molecule has 0 unspecified atom stereocenters. The van der Waals surface area contributed by atoms with Gasteiger partial charge in [0.2, 0.25) is 10.0 Å². The molecule has 2 aliphatic heterocycles. The Hall–Kier alpha value is -2.48. The Balaban J connectivity index is 1.30. The molecule has 2 aliphatic rings. The van der Waals surface area contributed by atoms with Crippen molar-refractivity contribution in [2.24, 2.45) is 0 Å². The molecule has 2 fully saturated rings. The number of benzene rings is 2. The summed E-state index contributed by atoms with van der Waals surface area (Å²) < 4.78 is 27.2. The standard InChI is InChI=1S/C25H31N3O3S/c29-25(23-11-13-24(14-12-23)32(30,31)28-16-5-2-6-17-28)27-20-18-26(19-21-27)15-7-10-22-8-3-1-4-9-22/h1,3-4,7-14H,2,5-6,15-21H2. The number of hydrogen-bond donors (Lipinski definition) is 0. The molecule has 4 rings (SSSR count). The lowest BCUT2D eigenvalue weighted by atomic mass is 10.2. The van der Waals surface area contributed by atoms with Gasteiger partial charge in [-0.15, -0.1) is 0 Å². The van der Waals surface area contributed by atoms with E-state index < -0.39 is 10.0 Å². The van der Waals surface area contributed by atoms with Crippen LogP contribution < -0.4 is 0 Å². The van der Waals surface area contributed by atoms with Gasteiger partial charge in [-0.1, -0.05) is 48.9 Å². The number of sulfonamides is 1. The fourth-order valence-electron chi connectivity index (χ4n) is 4.24. The smallest absolute Gasteiger partial charge is 0.253 e. The maximum Gasteiger partial charge on any atom is 0.253 e. The van der Waals surface area contributed by atoms with Crippen LogP contribution in [0.15, 0.2) is 65.6 Å². The minimum Gasteiger partial charge on any atom is -0.336 e. The second kappa shape index (κ2) is 10.4. The number of piperazine rings is 1. The van der Waals surface area contributed by atoms with E-state index in [9.17, 15) is 13.2 Å². The van der Waals surface area contributed by atoms with Crippen molar-refractivity contribution in [1.29, 1.82) is 0 Å². The highest BCUT2D eigenvalue weighted by Gasteiger charge is 2.27. The summed E-state index contributed by atoms with van der Waals surface area (Å²) >= 11 is 0. The molecule has 32 heavy (non-hydrogen) atoms. The molecular formula is C25H31N3O3S. The van der Waals surface area contributed by atoms with Gasteiger partial charge in [0.1, 0.15) is 0 Å². The number of carbonyl (C=O) groups is 1. The van der Waals surface area contributed by atoms with Gasteiger partial charge in [-0.3, -0.25) is 9.69 Å². The summed E-state index contributed by atoms with van der Waals surface area (Å²) in [5.74, 6) is -0.0357. The van der Waals surface area contributed by atoms with Crippen molar-refractivity contribution in [2.75, 3.05) is 45.8 Å². The van der Waals surface area contributed by atoms with Crippen molar-refractivity contribution in [3.63, 3.8) is 0 Å². The highest BCUT2D eigenvalue weighted by Crippen LogP contribution is 2.21. The third kappa shape index (κ3) is 5.46. The van der Waals surface area contributed by atoms with Crippen LogP contribution in [0.2, 0.25) is 0 Å². The zero-order valence-electron chi connectivity index (χ0n) is 18.4. The van der Waals surface area contributed by atoms with Crippen LogP contribution in [0.1, 0.15) is 35.2 Å². The minimum absolute atomic E-state index is 0.0357. The average Bonchev–Trinajstić information content (AvgIpc) is 2.85. The van der Waals surface area contributed by atoms with Crippen molar-refractivity contribution < 1.29 is 13.2 Å². The quantitative estimate of drug-likeness (QED) is 0.673. The van der Waals surface area contributed by atoms with Gasteiger partial charge in [-0.2, -0.15) is 4.31 Å². The van der Waals surface area contributed by atoms with Crippen molar-refractivity contribution >= 4 is 22.0 Å². The average molecular weight is 454 g/mol. The molecule has 0 N–H and O–H groups in total.